The number of likely N-dealkylation sites (tertiary alicyclic amines) is 1. The van der Waals surface area contributed by atoms with Gasteiger partial charge < -0.3 is 10.1 Å². The number of hydrogen-bond acceptors (Lipinski definition) is 3. The SMILES string of the molecule is CC1CN(C)C(C)C/C1=N/O. The summed E-state index contributed by atoms with van der Waals surface area (Å²) in [4.78, 5) is 2.29. The zero-order valence-electron chi connectivity index (χ0n) is 7.41. The third-order valence-corrected chi connectivity index (χ3v) is 2.52. The van der Waals surface area contributed by atoms with Crippen molar-refractivity contribution in [3.63, 3.8) is 0 Å². The zero-order chi connectivity index (χ0) is 8.43. The van der Waals surface area contributed by atoms with Crippen LogP contribution in [0.5, 0.6) is 0 Å². The topological polar surface area (TPSA) is 35.8 Å². The smallest absolute Gasteiger partial charge is 0.0627 e. The Morgan fingerprint density at radius 3 is 2.73 bits per heavy atom. The van der Waals surface area contributed by atoms with Crippen molar-refractivity contribution in [1.82, 2.24) is 4.90 Å². The van der Waals surface area contributed by atoms with Crippen molar-refractivity contribution in [2.24, 2.45) is 11.1 Å². The zero-order valence-corrected chi connectivity index (χ0v) is 7.41. The Kier molecular flexibility index (Phi) is 2.49. The molecular formula is C8H16N2O. The van der Waals surface area contributed by atoms with Crippen molar-refractivity contribution in [3.05, 3.63) is 0 Å². The van der Waals surface area contributed by atoms with E-state index < -0.39 is 0 Å². The normalized spacial score (nSPS) is 37.9. The molecule has 1 fully saturated rings. The van der Waals surface area contributed by atoms with Crippen LogP contribution in [0.15, 0.2) is 5.16 Å². The van der Waals surface area contributed by atoms with Gasteiger partial charge in [-0.2, -0.15) is 0 Å². The van der Waals surface area contributed by atoms with Gasteiger partial charge in [0, 0.05) is 24.9 Å². The Hall–Kier alpha value is -0.570. The fourth-order valence-electron chi connectivity index (χ4n) is 1.52. The van der Waals surface area contributed by atoms with Crippen molar-refractivity contribution in [3.8, 4) is 0 Å². The van der Waals surface area contributed by atoms with Gasteiger partial charge in [0.25, 0.3) is 0 Å². The van der Waals surface area contributed by atoms with E-state index in [1.165, 1.54) is 0 Å². The van der Waals surface area contributed by atoms with Gasteiger partial charge in [-0.05, 0) is 14.0 Å². The molecule has 0 aromatic carbocycles. The number of rotatable bonds is 0. The first kappa shape index (κ1) is 8.53. The lowest BCUT2D eigenvalue weighted by atomic mass is 9.93. The van der Waals surface area contributed by atoms with E-state index in [9.17, 15) is 0 Å². The van der Waals surface area contributed by atoms with Crippen LogP contribution in [-0.4, -0.2) is 35.5 Å². The van der Waals surface area contributed by atoms with E-state index in [4.69, 9.17) is 5.21 Å². The van der Waals surface area contributed by atoms with Crippen LogP contribution in [0.1, 0.15) is 20.3 Å². The average Bonchev–Trinajstić information content (AvgIpc) is 1.97. The van der Waals surface area contributed by atoms with Gasteiger partial charge in [-0.3, -0.25) is 0 Å². The molecule has 0 radical (unpaired) electrons. The Labute approximate surface area is 67.7 Å². The summed E-state index contributed by atoms with van der Waals surface area (Å²) in [6.07, 6.45) is 0.897. The van der Waals surface area contributed by atoms with Gasteiger partial charge in [0.15, 0.2) is 0 Å². The lowest BCUT2D eigenvalue weighted by Crippen LogP contribution is -2.42. The fraction of sp³-hybridized carbons (Fsp3) is 0.875. The van der Waals surface area contributed by atoms with Crippen LogP contribution in [-0.2, 0) is 0 Å². The van der Waals surface area contributed by atoms with Crippen LogP contribution in [0.3, 0.4) is 0 Å². The Morgan fingerprint density at radius 2 is 2.18 bits per heavy atom. The molecule has 11 heavy (non-hydrogen) atoms. The van der Waals surface area contributed by atoms with Crippen molar-refractivity contribution >= 4 is 5.71 Å². The highest BCUT2D eigenvalue weighted by molar-refractivity contribution is 5.87. The molecule has 0 spiro atoms. The summed E-state index contributed by atoms with van der Waals surface area (Å²) in [5, 5.41) is 11.9. The van der Waals surface area contributed by atoms with E-state index in [1.54, 1.807) is 0 Å². The highest BCUT2D eigenvalue weighted by atomic mass is 16.4. The molecule has 1 N–H and O–H groups in total. The highest BCUT2D eigenvalue weighted by Crippen LogP contribution is 2.17. The lowest BCUT2D eigenvalue weighted by Gasteiger charge is -2.33. The van der Waals surface area contributed by atoms with Crippen molar-refractivity contribution in [2.75, 3.05) is 13.6 Å². The molecule has 3 heteroatoms. The van der Waals surface area contributed by atoms with Gasteiger partial charge in [0.1, 0.15) is 0 Å². The van der Waals surface area contributed by atoms with Gasteiger partial charge in [-0.1, -0.05) is 12.1 Å². The average molecular weight is 156 g/mol. The van der Waals surface area contributed by atoms with E-state index in [0.717, 1.165) is 18.7 Å². The lowest BCUT2D eigenvalue weighted by molar-refractivity contribution is 0.216. The predicted octanol–water partition coefficient (Wildman–Crippen LogP) is 1.18. The molecule has 0 amide bonds. The molecular weight excluding hydrogens is 140 g/mol. The minimum Gasteiger partial charge on any atom is -0.411 e. The third-order valence-electron chi connectivity index (χ3n) is 2.52. The van der Waals surface area contributed by atoms with E-state index in [-0.39, 0.29) is 0 Å². The molecule has 1 heterocycles. The fourth-order valence-corrected chi connectivity index (χ4v) is 1.52. The second-order valence-electron chi connectivity index (χ2n) is 3.49. The molecule has 64 valence electrons. The molecule has 1 aliphatic heterocycles. The molecule has 0 aromatic rings. The maximum Gasteiger partial charge on any atom is 0.0627 e. The summed E-state index contributed by atoms with van der Waals surface area (Å²) in [6.45, 7) is 5.25. The van der Waals surface area contributed by atoms with E-state index in [0.29, 0.717) is 12.0 Å². The van der Waals surface area contributed by atoms with Crippen molar-refractivity contribution in [1.29, 1.82) is 0 Å². The summed E-state index contributed by atoms with van der Waals surface area (Å²) >= 11 is 0. The molecule has 1 rings (SSSR count). The van der Waals surface area contributed by atoms with Gasteiger partial charge in [-0.15, -0.1) is 0 Å². The van der Waals surface area contributed by atoms with Gasteiger partial charge in [-0.25, -0.2) is 0 Å². The largest absolute Gasteiger partial charge is 0.411 e. The van der Waals surface area contributed by atoms with E-state index in [2.05, 4.69) is 31.0 Å². The molecule has 1 aliphatic rings. The van der Waals surface area contributed by atoms with Crippen LogP contribution in [0, 0.1) is 5.92 Å². The van der Waals surface area contributed by atoms with Crippen molar-refractivity contribution in [2.45, 2.75) is 26.3 Å². The van der Waals surface area contributed by atoms with Crippen LogP contribution >= 0.6 is 0 Å². The summed E-state index contributed by atoms with van der Waals surface area (Å²) in [7, 11) is 2.11. The van der Waals surface area contributed by atoms with Gasteiger partial charge in [0.05, 0.1) is 5.71 Å². The van der Waals surface area contributed by atoms with Gasteiger partial charge >= 0.3 is 0 Å². The summed E-state index contributed by atoms with van der Waals surface area (Å²) in [5.41, 5.74) is 0.940. The molecule has 1 saturated heterocycles. The summed E-state index contributed by atoms with van der Waals surface area (Å²) < 4.78 is 0. The third kappa shape index (κ3) is 1.71. The quantitative estimate of drug-likeness (QED) is 0.422. The second-order valence-corrected chi connectivity index (χ2v) is 3.49. The molecule has 2 atom stereocenters. The van der Waals surface area contributed by atoms with Crippen LogP contribution in [0.25, 0.3) is 0 Å². The highest BCUT2D eigenvalue weighted by Gasteiger charge is 2.25. The monoisotopic (exact) mass is 156 g/mol. The molecule has 0 aromatic heterocycles. The van der Waals surface area contributed by atoms with E-state index in [1.807, 2.05) is 0 Å². The minimum absolute atomic E-state index is 0.404. The summed E-state index contributed by atoms with van der Waals surface area (Å²) in [5.74, 6) is 0.404. The van der Waals surface area contributed by atoms with Crippen molar-refractivity contribution < 1.29 is 5.21 Å². The Balaban J connectivity index is 2.62. The molecule has 0 bridgehead atoms. The predicted molar refractivity (Wildman–Crippen MR) is 45.1 cm³/mol. The first-order valence-corrected chi connectivity index (χ1v) is 4.06. The first-order chi connectivity index (χ1) is 5.15. The summed E-state index contributed by atoms with van der Waals surface area (Å²) in [6, 6.07) is 0.511. The standard InChI is InChI=1S/C8H16N2O/c1-6-5-10(3)7(2)4-8(6)9-11/h6-7,11H,4-5H2,1-3H3/b9-8-. The molecule has 0 aliphatic carbocycles. The minimum atomic E-state index is 0.404. The number of hydrogen-bond donors (Lipinski definition) is 1. The number of piperidine rings is 1. The van der Waals surface area contributed by atoms with Crippen LogP contribution in [0.4, 0.5) is 0 Å². The van der Waals surface area contributed by atoms with E-state index >= 15 is 0 Å². The maximum atomic E-state index is 8.63. The maximum absolute atomic E-state index is 8.63. The number of nitrogens with zero attached hydrogens (tertiary/aromatic N) is 2. The second kappa shape index (κ2) is 3.22. The van der Waals surface area contributed by atoms with Gasteiger partial charge in [0.2, 0.25) is 0 Å². The Bertz CT molecular complexity index is 167. The molecule has 0 saturated carbocycles. The first-order valence-electron chi connectivity index (χ1n) is 4.06. The number of oxime groups is 1. The van der Waals surface area contributed by atoms with Crippen LogP contribution < -0.4 is 0 Å². The molecule has 3 nitrogen and oxygen atoms in total. The van der Waals surface area contributed by atoms with Crippen LogP contribution in [0.2, 0.25) is 0 Å². The molecule has 2 unspecified atom stereocenters. The Morgan fingerprint density at radius 1 is 1.55 bits per heavy atom.